The fourth-order valence-corrected chi connectivity index (χ4v) is 4.27. The van der Waals surface area contributed by atoms with Crippen LogP contribution in [0.3, 0.4) is 0 Å². The number of aromatic nitrogens is 1. The van der Waals surface area contributed by atoms with E-state index in [0.29, 0.717) is 15.4 Å². The highest BCUT2D eigenvalue weighted by Crippen LogP contribution is 2.41. The van der Waals surface area contributed by atoms with Gasteiger partial charge in [-0.05, 0) is 57.7 Å². The molecular formula is C15H24N4OS. The topological polar surface area (TPSA) is 62.5 Å². The van der Waals surface area contributed by atoms with Crippen molar-refractivity contribution in [1.29, 1.82) is 0 Å². The second kappa shape index (κ2) is 5.93. The number of likely N-dealkylation sites (tertiary alicyclic amines) is 2. The summed E-state index contributed by atoms with van der Waals surface area (Å²) in [5.41, 5.74) is 6.09. The molecule has 1 aromatic rings. The van der Waals surface area contributed by atoms with Crippen molar-refractivity contribution in [3.05, 3.63) is 11.1 Å². The van der Waals surface area contributed by atoms with Gasteiger partial charge in [-0.25, -0.2) is 4.98 Å². The lowest BCUT2D eigenvalue weighted by Crippen LogP contribution is -2.43. The van der Waals surface area contributed by atoms with E-state index in [9.17, 15) is 4.79 Å². The molecule has 3 heterocycles. The SMILES string of the molecule is CN1CCCC2(CC1)CCN(C(=O)c1cnc(N)s1)CC2. The van der Waals surface area contributed by atoms with Gasteiger partial charge in [0.25, 0.3) is 5.91 Å². The van der Waals surface area contributed by atoms with Crippen molar-refractivity contribution < 1.29 is 4.79 Å². The molecule has 5 nitrogen and oxygen atoms in total. The van der Waals surface area contributed by atoms with Gasteiger partial charge in [-0.1, -0.05) is 11.3 Å². The third-order valence-corrected chi connectivity index (χ3v) is 5.93. The Labute approximate surface area is 130 Å². The molecule has 21 heavy (non-hydrogen) atoms. The van der Waals surface area contributed by atoms with Crippen LogP contribution in [0.4, 0.5) is 5.13 Å². The molecule has 2 saturated heterocycles. The van der Waals surface area contributed by atoms with Crippen LogP contribution < -0.4 is 5.73 Å². The number of anilines is 1. The summed E-state index contributed by atoms with van der Waals surface area (Å²) in [6.45, 7) is 4.16. The van der Waals surface area contributed by atoms with Crippen molar-refractivity contribution in [2.75, 3.05) is 39.0 Å². The number of piperidine rings is 1. The summed E-state index contributed by atoms with van der Waals surface area (Å²) >= 11 is 1.29. The van der Waals surface area contributed by atoms with Crippen molar-refractivity contribution in [3.8, 4) is 0 Å². The maximum Gasteiger partial charge on any atom is 0.265 e. The minimum absolute atomic E-state index is 0.102. The molecule has 3 rings (SSSR count). The Morgan fingerprint density at radius 3 is 2.62 bits per heavy atom. The Morgan fingerprint density at radius 1 is 1.24 bits per heavy atom. The zero-order valence-corrected chi connectivity index (χ0v) is 13.5. The first-order chi connectivity index (χ1) is 10.1. The van der Waals surface area contributed by atoms with Crippen molar-refractivity contribution >= 4 is 22.4 Å². The van der Waals surface area contributed by atoms with Crippen LogP contribution >= 0.6 is 11.3 Å². The quantitative estimate of drug-likeness (QED) is 0.862. The molecule has 116 valence electrons. The van der Waals surface area contributed by atoms with Crippen LogP contribution in [0, 0.1) is 5.41 Å². The van der Waals surface area contributed by atoms with E-state index in [-0.39, 0.29) is 5.91 Å². The fraction of sp³-hybridized carbons (Fsp3) is 0.733. The molecule has 1 amide bonds. The first-order valence-electron chi connectivity index (χ1n) is 7.77. The Balaban J connectivity index is 1.61. The van der Waals surface area contributed by atoms with Gasteiger partial charge < -0.3 is 15.5 Å². The average molecular weight is 308 g/mol. The smallest absolute Gasteiger partial charge is 0.265 e. The maximum absolute atomic E-state index is 12.4. The van der Waals surface area contributed by atoms with Gasteiger partial charge in [0, 0.05) is 13.1 Å². The minimum atomic E-state index is 0.102. The third-order valence-electron chi connectivity index (χ3n) is 5.12. The Hall–Kier alpha value is -1.14. The summed E-state index contributed by atoms with van der Waals surface area (Å²) in [6, 6.07) is 0. The van der Waals surface area contributed by atoms with Crippen LogP contribution in [0.2, 0.25) is 0 Å². The van der Waals surface area contributed by atoms with Gasteiger partial charge >= 0.3 is 0 Å². The van der Waals surface area contributed by atoms with Crippen LogP contribution in [-0.4, -0.2) is 53.9 Å². The lowest BCUT2D eigenvalue weighted by atomic mass is 9.73. The minimum Gasteiger partial charge on any atom is -0.375 e. The highest BCUT2D eigenvalue weighted by molar-refractivity contribution is 7.17. The van der Waals surface area contributed by atoms with Crippen LogP contribution in [-0.2, 0) is 0 Å². The number of amides is 1. The Bertz CT molecular complexity index is 508. The lowest BCUT2D eigenvalue weighted by Gasteiger charge is -2.41. The number of hydrogen-bond acceptors (Lipinski definition) is 5. The molecule has 0 unspecified atom stereocenters. The largest absolute Gasteiger partial charge is 0.375 e. The predicted molar refractivity (Wildman–Crippen MR) is 85.4 cm³/mol. The average Bonchev–Trinajstić information content (AvgIpc) is 2.84. The van der Waals surface area contributed by atoms with E-state index in [2.05, 4.69) is 16.9 Å². The predicted octanol–water partition coefficient (Wildman–Crippen LogP) is 2.06. The molecule has 2 aliphatic rings. The summed E-state index contributed by atoms with van der Waals surface area (Å²) in [5.74, 6) is 0.102. The monoisotopic (exact) mass is 308 g/mol. The standard InChI is InChI=1S/C15H24N4OS/c1-18-7-2-3-15(4-8-18)5-9-19(10-6-15)13(20)12-11-17-14(16)21-12/h11H,2-10H2,1H3,(H2,16,17). The second-order valence-corrected chi connectivity index (χ2v) is 7.57. The molecule has 0 saturated carbocycles. The Morgan fingerprint density at radius 2 is 1.95 bits per heavy atom. The number of nitrogens with two attached hydrogens (primary N) is 1. The van der Waals surface area contributed by atoms with Crippen LogP contribution in [0.15, 0.2) is 6.20 Å². The Kier molecular flexibility index (Phi) is 4.17. The fourth-order valence-electron chi connectivity index (χ4n) is 3.62. The molecule has 0 radical (unpaired) electrons. The molecule has 2 aliphatic heterocycles. The summed E-state index contributed by atoms with van der Waals surface area (Å²) in [4.78, 5) is 21.5. The normalized spacial score (nSPS) is 23.2. The van der Waals surface area contributed by atoms with Gasteiger partial charge in [0.05, 0.1) is 6.20 Å². The van der Waals surface area contributed by atoms with Gasteiger partial charge in [0.2, 0.25) is 0 Å². The molecule has 6 heteroatoms. The van der Waals surface area contributed by atoms with E-state index in [1.165, 1.54) is 43.7 Å². The van der Waals surface area contributed by atoms with Crippen molar-refractivity contribution in [3.63, 3.8) is 0 Å². The van der Waals surface area contributed by atoms with Gasteiger partial charge in [-0.3, -0.25) is 4.79 Å². The molecule has 1 spiro atoms. The second-order valence-electron chi connectivity index (χ2n) is 6.51. The van der Waals surface area contributed by atoms with Crippen molar-refractivity contribution in [1.82, 2.24) is 14.8 Å². The van der Waals surface area contributed by atoms with Crippen LogP contribution in [0.5, 0.6) is 0 Å². The van der Waals surface area contributed by atoms with Gasteiger partial charge in [0.1, 0.15) is 4.88 Å². The first kappa shape index (κ1) is 14.8. The zero-order valence-electron chi connectivity index (χ0n) is 12.7. The third kappa shape index (κ3) is 3.21. The van der Waals surface area contributed by atoms with Crippen LogP contribution in [0.25, 0.3) is 0 Å². The number of nitrogen functional groups attached to an aromatic ring is 1. The van der Waals surface area contributed by atoms with E-state index >= 15 is 0 Å². The van der Waals surface area contributed by atoms with E-state index in [1.54, 1.807) is 6.20 Å². The maximum atomic E-state index is 12.4. The number of rotatable bonds is 1. The molecule has 0 aliphatic carbocycles. The summed E-state index contributed by atoms with van der Waals surface area (Å²) in [6.07, 6.45) is 7.76. The molecule has 2 N–H and O–H groups in total. The molecule has 0 atom stereocenters. The zero-order chi connectivity index (χ0) is 14.9. The van der Waals surface area contributed by atoms with E-state index in [4.69, 9.17) is 5.73 Å². The van der Waals surface area contributed by atoms with Crippen LogP contribution in [0.1, 0.15) is 41.8 Å². The molecule has 1 aromatic heterocycles. The summed E-state index contributed by atoms with van der Waals surface area (Å²) in [7, 11) is 2.21. The summed E-state index contributed by atoms with van der Waals surface area (Å²) in [5, 5.41) is 0.471. The number of nitrogens with zero attached hydrogens (tertiary/aromatic N) is 3. The molecule has 0 bridgehead atoms. The first-order valence-corrected chi connectivity index (χ1v) is 8.59. The number of thiazole rings is 1. The molecule has 0 aromatic carbocycles. The molecular weight excluding hydrogens is 284 g/mol. The molecule has 2 fully saturated rings. The lowest BCUT2D eigenvalue weighted by molar-refractivity contribution is 0.0547. The van der Waals surface area contributed by atoms with Gasteiger partial charge in [-0.15, -0.1) is 0 Å². The highest BCUT2D eigenvalue weighted by atomic mass is 32.1. The van der Waals surface area contributed by atoms with E-state index in [1.807, 2.05) is 4.90 Å². The number of carbonyl (C=O) groups excluding carboxylic acids is 1. The number of carbonyl (C=O) groups is 1. The number of hydrogen-bond donors (Lipinski definition) is 1. The van der Waals surface area contributed by atoms with Crippen molar-refractivity contribution in [2.24, 2.45) is 5.41 Å². The van der Waals surface area contributed by atoms with Gasteiger partial charge in [-0.2, -0.15) is 0 Å². The summed E-state index contributed by atoms with van der Waals surface area (Å²) < 4.78 is 0. The van der Waals surface area contributed by atoms with E-state index < -0.39 is 0 Å². The highest BCUT2D eigenvalue weighted by Gasteiger charge is 2.37. The van der Waals surface area contributed by atoms with Crippen molar-refractivity contribution in [2.45, 2.75) is 32.1 Å². The van der Waals surface area contributed by atoms with Gasteiger partial charge in [0.15, 0.2) is 5.13 Å². The van der Waals surface area contributed by atoms with E-state index in [0.717, 1.165) is 25.9 Å².